The number of aromatic nitrogens is 1. The number of carbonyl (C=O) groups is 1. The molecule has 1 heterocycles. The second-order valence-electron chi connectivity index (χ2n) is 2.69. The Morgan fingerprint density at radius 3 is 3.08 bits per heavy atom. The maximum absolute atomic E-state index is 10.8. The van der Waals surface area contributed by atoms with E-state index in [4.69, 9.17) is 5.73 Å². The number of rotatable bonds is 1. The molecule has 0 bridgehead atoms. The van der Waals surface area contributed by atoms with Gasteiger partial charge in [-0.15, -0.1) is 0 Å². The fraction of sp³-hybridized carbons (Fsp3) is 0. The van der Waals surface area contributed by atoms with Gasteiger partial charge >= 0.3 is 0 Å². The molecule has 63 valence electrons. The summed E-state index contributed by atoms with van der Waals surface area (Å²) in [7, 11) is 0. The van der Waals surface area contributed by atoms with Crippen LogP contribution in [0, 0.1) is 6.07 Å². The second-order valence-corrected chi connectivity index (χ2v) is 2.69. The molecule has 3 nitrogen and oxygen atoms in total. The highest BCUT2D eigenvalue weighted by Gasteiger charge is 2.01. The zero-order valence-corrected chi connectivity index (χ0v) is 6.82. The van der Waals surface area contributed by atoms with E-state index in [1.165, 1.54) is 0 Å². The molecule has 2 aromatic rings. The predicted octanol–water partition coefficient (Wildman–Crippen LogP) is 1.13. The van der Waals surface area contributed by atoms with Crippen LogP contribution in [0.2, 0.25) is 0 Å². The van der Waals surface area contributed by atoms with Crippen LogP contribution < -0.4 is 5.73 Å². The number of benzene rings is 1. The van der Waals surface area contributed by atoms with Crippen LogP contribution in [0.15, 0.2) is 30.5 Å². The van der Waals surface area contributed by atoms with E-state index < -0.39 is 5.91 Å². The lowest BCUT2D eigenvalue weighted by atomic mass is 10.1. The van der Waals surface area contributed by atoms with Crippen molar-refractivity contribution in [3.8, 4) is 0 Å². The van der Waals surface area contributed by atoms with Crippen molar-refractivity contribution in [2.45, 2.75) is 0 Å². The first-order valence-corrected chi connectivity index (χ1v) is 3.83. The summed E-state index contributed by atoms with van der Waals surface area (Å²) in [6, 6.07) is 9.84. The Morgan fingerprint density at radius 2 is 2.31 bits per heavy atom. The molecule has 2 N–H and O–H groups in total. The molecule has 1 aromatic heterocycles. The van der Waals surface area contributed by atoms with E-state index in [-0.39, 0.29) is 0 Å². The molecule has 0 atom stereocenters. The molecule has 0 aliphatic heterocycles. The van der Waals surface area contributed by atoms with Gasteiger partial charge in [0, 0.05) is 17.1 Å². The largest absolute Gasteiger partial charge is 0.366 e. The smallest absolute Gasteiger partial charge is 0.248 e. The van der Waals surface area contributed by atoms with Crippen molar-refractivity contribution in [2.75, 3.05) is 0 Å². The van der Waals surface area contributed by atoms with Gasteiger partial charge in [0.05, 0.1) is 5.52 Å². The van der Waals surface area contributed by atoms with Crippen molar-refractivity contribution in [2.24, 2.45) is 5.73 Å². The molecule has 1 aromatic carbocycles. The van der Waals surface area contributed by atoms with Crippen LogP contribution in [0.5, 0.6) is 0 Å². The van der Waals surface area contributed by atoms with Crippen LogP contribution in [0.25, 0.3) is 10.9 Å². The van der Waals surface area contributed by atoms with Crippen LogP contribution in [-0.2, 0) is 0 Å². The van der Waals surface area contributed by atoms with E-state index in [9.17, 15) is 4.79 Å². The van der Waals surface area contributed by atoms with Gasteiger partial charge < -0.3 is 5.73 Å². The Morgan fingerprint density at radius 1 is 1.46 bits per heavy atom. The minimum atomic E-state index is -0.437. The SMILES string of the molecule is NC(=O)c1ccc2[c]ccnc2c1. The molecule has 13 heavy (non-hydrogen) atoms. The third kappa shape index (κ3) is 1.36. The molecule has 0 fully saturated rings. The summed E-state index contributed by atoms with van der Waals surface area (Å²) >= 11 is 0. The third-order valence-corrected chi connectivity index (χ3v) is 1.81. The predicted molar refractivity (Wildman–Crippen MR) is 49.1 cm³/mol. The molecular weight excluding hydrogens is 164 g/mol. The summed E-state index contributed by atoms with van der Waals surface area (Å²) in [6.45, 7) is 0. The van der Waals surface area contributed by atoms with Gasteiger partial charge in [0.2, 0.25) is 5.91 Å². The summed E-state index contributed by atoms with van der Waals surface area (Å²) in [5, 5.41) is 0.882. The number of fused-ring (bicyclic) bond motifs is 1. The highest BCUT2D eigenvalue weighted by atomic mass is 16.1. The van der Waals surface area contributed by atoms with Crippen LogP contribution in [0.3, 0.4) is 0 Å². The van der Waals surface area contributed by atoms with Gasteiger partial charge in [-0.05, 0) is 24.3 Å². The van der Waals surface area contributed by atoms with E-state index in [1.807, 2.05) is 0 Å². The van der Waals surface area contributed by atoms with E-state index in [2.05, 4.69) is 11.1 Å². The summed E-state index contributed by atoms with van der Waals surface area (Å²) in [4.78, 5) is 14.9. The van der Waals surface area contributed by atoms with Crippen molar-refractivity contribution in [3.63, 3.8) is 0 Å². The van der Waals surface area contributed by atoms with E-state index in [1.54, 1.807) is 30.5 Å². The Balaban J connectivity index is 2.69. The number of nitrogens with zero attached hydrogens (tertiary/aromatic N) is 1. The van der Waals surface area contributed by atoms with Gasteiger partial charge in [-0.1, -0.05) is 6.07 Å². The lowest BCUT2D eigenvalue weighted by Crippen LogP contribution is -2.10. The van der Waals surface area contributed by atoms with E-state index >= 15 is 0 Å². The van der Waals surface area contributed by atoms with Gasteiger partial charge in [0.1, 0.15) is 0 Å². The Kier molecular flexibility index (Phi) is 1.70. The van der Waals surface area contributed by atoms with E-state index in [0.29, 0.717) is 5.56 Å². The molecule has 0 unspecified atom stereocenters. The highest BCUT2D eigenvalue weighted by molar-refractivity contribution is 5.96. The number of pyridine rings is 1. The first-order valence-electron chi connectivity index (χ1n) is 3.83. The monoisotopic (exact) mass is 171 g/mol. The molecule has 2 rings (SSSR count). The number of hydrogen-bond donors (Lipinski definition) is 1. The number of nitrogens with two attached hydrogens (primary N) is 1. The summed E-state index contributed by atoms with van der Waals surface area (Å²) in [5.41, 5.74) is 6.33. The number of amides is 1. The highest BCUT2D eigenvalue weighted by Crippen LogP contribution is 2.11. The molecule has 0 saturated heterocycles. The minimum absolute atomic E-state index is 0.437. The Hall–Kier alpha value is -1.90. The zero-order valence-electron chi connectivity index (χ0n) is 6.82. The average Bonchev–Trinajstić information content (AvgIpc) is 2.17. The third-order valence-electron chi connectivity index (χ3n) is 1.81. The van der Waals surface area contributed by atoms with Gasteiger partial charge in [-0.2, -0.15) is 0 Å². The lowest BCUT2D eigenvalue weighted by molar-refractivity contribution is 0.100. The van der Waals surface area contributed by atoms with Gasteiger partial charge in [-0.25, -0.2) is 0 Å². The van der Waals surface area contributed by atoms with Crippen LogP contribution >= 0.6 is 0 Å². The van der Waals surface area contributed by atoms with Crippen molar-refractivity contribution in [3.05, 3.63) is 42.1 Å². The fourth-order valence-electron chi connectivity index (χ4n) is 1.16. The molecular formula is C10H7N2O. The average molecular weight is 171 g/mol. The molecule has 0 saturated carbocycles. The molecule has 1 amide bonds. The summed E-state index contributed by atoms with van der Waals surface area (Å²) in [5.74, 6) is -0.437. The van der Waals surface area contributed by atoms with Gasteiger partial charge in [0.25, 0.3) is 0 Å². The first-order chi connectivity index (χ1) is 6.27. The quantitative estimate of drug-likeness (QED) is 0.699. The second kappa shape index (κ2) is 2.86. The topological polar surface area (TPSA) is 56.0 Å². The first kappa shape index (κ1) is 7.73. The number of carbonyl (C=O) groups excluding carboxylic acids is 1. The standard InChI is InChI=1S/C10H7N2O/c11-10(13)8-4-3-7-2-1-5-12-9(7)6-8/h1,3-6H,(H2,11,13). The van der Waals surface area contributed by atoms with Crippen molar-refractivity contribution < 1.29 is 4.79 Å². The normalized spacial score (nSPS) is 10.2. The lowest BCUT2D eigenvalue weighted by Gasteiger charge is -1.97. The number of hydrogen-bond acceptors (Lipinski definition) is 2. The minimum Gasteiger partial charge on any atom is -0.366 e. The van der Waals surface area contributed by atoms with Gasteiger partial charge in [0.15, 0.2) is 0 Å². The van der Waals surface area contributed by atoms with Crippen LogP contribution in [-0.4, -0.2) is 10.9 Å². The summed E-state index contributed by atoms with van der Waals surface area (Å²) < 4.78 is 0. The molecule has 0 aliphatic carbocycles. The van der Waals surface area contributed by atoms with Gasteiger partial charge in [-0.3, -0.25) is 9.78 Å². The summed E-state index contributed by atoms with van der Waals surface area (Å²) in [6.07, 6.45) is 1.63. The van der Waals surface area contributed by atoms with Crippen molar-refractivity contribution in [1.82, 2.24) is 4.98 Å². The zero-order chi connectivity index (χ0) is 9.26. The van der Waals surface area contributed by atoms with Crippen LogP contribution in [0.1, 0.15) is 10.4 Å². The number of primary amides is 1. The van der Waals surface area contributed by atoms with E-state index in [0.717, 1.165) is 10.9 Å². The molecule has 1 radical (unpaired) electrons. The van der Waals surface area contributed by atoms with Crippen molar-refractivity contribution in [1.29, 1.82) is 0 Å². The molecule has 3 heteroatoms. The maximum Gasteiger partial charge on any atom is 0.248 e. The molecule has 0 spiro atoms. The van der Waals surface area contributed by atoms with Crippen molar-refractivity contribution >= 4 is 16.8 Å². The Labute approximate surface area is 75.2 Å². The molecule has 0 aliphatic rings. The fourth-order valence-corrected chi connectivity index (χ4v) is 1.16. The Bertz CT molecular complexity index is 465. The maximum atomic E-state index is 10.8. The van der Waals surface area contributed by atoms with Crippen LogP contribution in [0.4, 0.5) is 0 Å².